The summed E-state index contributed by atoms with van der Waals surface area (Å²) in [7, 11) is 0. The van der Waals surface area contributed by atoms with E-state index in [4.69, 9.17) is 0 Å². The first-order chi connectivity index (χ1) is 12.4. The third kappa shape index (κ3) is 5.22. The van der Waals surface area contributed by atoms with Crippen molar-refractivity contribution in [2.45, 2.75) is 45.3 Å². The Hall–Kier alpha value is -2.55. The average molecular weight is 377 g/mol. The number of aromatic nitrogens is 3. The zero-order valence-corrected chi connectivity index (χ0v) is 15.9. The van der Waals surface area contributed by atoms with Crippen LogP contribution in [0.1, 0.15) is 30.9 Å². The fourth-order valence-corrected chi connectivity index (χ4v) is 3.03. The minimum Gasteiger partial charge on any atom is -0.307 e. The Morgan fingerprint density at radius 2 is 2.08 bits per heavy atom. The number of imide groups is 1. The third-order valence-electron chi connectivity index (χ3n) is 3.90. The van der Waals surface area contributed by atoms with Gasteiger partial charge in [-0.2, -0.15) is 0 Å². The molecule has 0 spiro atoms. The molecule has 26 heavy (non-hydrogen) atoms. The van der Waals surface area contributed by atoms with Crippen LogP contribution in [0.25, 0.3) is 0 Å². The zero-order valence-electron chi connectivity index (χ0n) is 15.1. The van der Waals surface area contributed by atoms with Gasteiger partial charge in [0.15, 0.2) is 5.16 Å². The molecule has 140 valence electrons. The van der Waals surface area contributed by atoms with Crippen molar-refractivity contribution in [3.8, 4) is 0 Å². The number of carbonyl (C=O) groups is 2. The van der Waals surface area contributed by atoms with Gasteiger partial charge in [0.05, 0.1) is 5.75 Å². The smallest absolute Gasteiger partial charge is 0.307 e. The van der Waals surface area contributed by atoms with Gasteiger partial charge in [-0.1, -0.05) is 37.2 Å². The van der Waals surface area contributed by atoms with Gasteiger partial charge in [0.2, 0.25) is 5.91 Å². The molecule has 3 N–H and O–H groups in total. The van der Waals surface area contributed by atoms with Crippen LogP contribution in [0.3, 0.4) is 0 Å². The average Bonchev–Trinajstić information content (AvgIpc) is 2.95. The van der Waals surface area contributed by atoms with E-state index >= 15 is 0 Å². The van der Waals surface area contributed by atoms with E-state index in [0.717, 1.165) is 35.7 Å². The lowest BCUT2D eigenvalue weighted by atomic mass is 10.1. The molecule has 0 radical (unpaired) electrons. The lowest BCUT2D eigenvalue weighted by Crippen LogP contribution is -2.35. The van der Waals surface area contributed by atoms with Crippen molar-refractivity contribution < 1.29 is 9.59 Å². The first-order valence-electron chi connectivity index (χ1n) is 8.37. The normalized spacial score (nSPS) is 10.6. The fourth-order valence-electron chi connectivity index (χ4n) is 2.26. The SMILES string of the molecule is CCCCn1c(SCC(=O)NC(=O)Nc2cccc(C)c2C)n[nH]c1=O. The molecule has 0 fully saturated rings. The molecule has 1 aromatic heterocycles. The Morgan fingerprint density at radius 1 is 1.31 bits per heavy atom. The molecule has 0 saturated heterocycles. The Morgan fingerprint density at radius 3 is 2.81 bits per heavy atom. The van der Waals surface area contributed by atoms with Crippen LogP contribution >= 0.6 is 11.8 Å². The van der Waals surface area contributed by atoms with Crippen LogP contribution in [0.4, 0.5) is 10.5 Å². The highest BCUT2D eigenvalue weighted by Crippen LogP contribution is 2.18. The monoisotopic (exact) mass is 377 g/mol. The van der Waals surface area contributed by atoms with Crippen molar-refractivity contribution in [1.29, 1.82) is 0 Å². The number of unbranched alkanes of at least 4 members (excludes halogenated alkanes) is 1. The summed E-state index contributed by atoms with van der Waals surface area (Å²) < 4.78 is 1.50. The lowest BCUT2D eigenvalue weighted by Gasteiger charge is -2.10. The molecule has 0 atom stereocenters. The minimum absolute atomic E-state index is 0.0172. The van der Waals surface area contributed by atoms with Crippen LogP contribution in [0.15, 0.2) is 28.2 Å². The van der Waals surface area contributed by atoms with Gasteiger partial charge in [-0.25, -0.2) is 14.7 Å². The Labute approximate surface area is 155 Å². The van der Waals surface area contributed by atoms with Gasteiger partial charge in [0, 0.05) is 12.2 Å². The molecular weight excluding hydrogens is 354 g/mol. The number of nitrogens with zero attached hydrogens (tertiary/aromatic N) is 2. The Bertz CT molecular complexity index is 843. The van der Waals surface area contributed by atoms with Crippen molar-refractivity contribution in [1.82, 2.24) is 20.1 Å². The number of hydrogen-bond acceptors (Lipinski definition) is 5. The van der Waals surface area contributed by atoms with Crippen molar-refractivity contribution in [2.24, 2.45) is 0 Å². The number of aromatic amines is 1. The van der Waals surface area contributed by atoms with E-state index in [9.17, 15) is 14.4 Å². The van der Waals surface area contributed by atoms with Crippen molar-refractivity contribution >= 4 is 29.4 Å². The number of benzene rings is 1. The van der Waals surface area contributed by atoms with E-state index in [1.165, 1.54) is 4.57 Å². The van der Waals surface area contributed by atoms with E-state index in [2.05, 4.69) is 20.8 Å². The second-order valence-corrected chi connectivity index (χ2v) is 6.80. The minimum atomic E-state index is -0.588. The molecule has 9 heteroatoms. The molecular formula is C17H23N5O3S. The van der Waals surface area contributed by atoms with E-state index in [-0.39, 0.29) is 11.4 Å². The predicted octanol–water partition coefficient (Wildman–Crippen LogP) is 2.43. The maximum absolute atomic E-state index is 12.0. The van der Waals surface area contributed by atoms with Gasteiger partial charge in [-0.3, -0.25) is 14.7 Å². The third-order valence-corrected chi connectivity index (χ3v) is 4.87. The molecule has 8 nitrogen and oxygen atoms in total. The summed E-state index contributed by atoms with van der Waals surface area (Å²) in [5, 5.41) is 11.7. The molecule has 1 aromatic carbocycles. The molecule has 2 rings (SSSR count). The van der Waals surface area contributed by atoms with Crippen LogP contribution in [-0.2, 0) is 11.3 Å². The van der Waals surface area contributed by atoms with Crippen LogP contribution < -0.4 is 16.3 Å². The van der Waals surface area contributed by atoms with Gasteiger partial charge in [-0.15, -0.1) is 5.10 Å². The van der Waals surface area contributed by atoms with Crippen LogP contribution in [0.5, 0.6) is 0 Å². The molecule has 0 unspecified atom stereocenters. The molecule has 3 amide bonds. The summed E-state index contributed by atoms with van der Waals surface area (Å²) in [6.07, 6.45) is 1.79. The summed E-state index contributed by atoms with van der Waals surface area (Å²) in [6, 6.07) is 4.97. The maximum Gasteiger partial charge on any atom is 0.343 e. The summed E-state index contributed by atoms with van der Waals surface area (Å²) >= 11 is 1.11. The van der Waals surface area contributed by atoms with Gasteiger partial charge >= 0.3 is 11.7 Å². The molecule has 2 aromatic rings. The van der Waals surface area contributed by atoms with Crippen LogP contribution in [-0.4, -0.2) is 32.5 Å². The predicted molar refractivity (Wildman–Crippen MR) is 102 cm³/mol. The number of amides is 3. The van der Waals surface area contributed by atoms with Gasteiger partial charge in [-0.05, 0) is 37.5 Å². The molecule has 0 aliphatic heterocycles. The summed E-state index contributed by atoms with van der Waals surface area (Å²) in [5.74, 6) is -0.480. The molecule has 0 aliphatic rings. The quantitative estimate of drug-likeness (QED) is 0.642. The largest absolute Gasteiger partial charge is 0.343 e. The van der Waals surface area contributed by atoms with Gasteiger partial charge < -0.3 is 5.32 Å². The van der Waals surface area contributed by atoms with E-state index in [1.54, 1.807) is 6.07 Å². The van der Waals surface area contributed by atoms with Crippen molar-refractivity contribution in [2.75, 3.05) is 11.1 Å². The molecule has 0 aliphatic carbocycles. The Balaban J connectivity index is 1.88. The Kier molecular flexibility index (Phi) is 7.02. The highest BCUT2D eigenvalue weighted by Gasteiger charge is 2.13. The number of H-pyrrole nitrogens is 1. The fraction of sp³-hybridized carbons (Fsp3) is 0.412. The highest BCUT2D eigenvalue weighted by atomic mass is 32.2. The summed E-state index contributed by atoms with van der Waals surface area (Å²) in [5.41, 5.74) is 2.35. The summed E-state index contributed by atoms with van der Waals surface area (Å²) in [6.45, 7) is 6.42. The zero-order chi connectivity index (χ0) is 19.1. The highest BCUT2D eigenvalue weighted by molar-refractivity contribution is 7.99. The van der Waals surface area contributed by atoms with Crippen LogP contribution in [0, 0.1) is 13.8 Å². The number of urea groups is 1. The number of rotatable bonds is 7. The number of nitrogens with one attached hydrogen (secondary N) is 3. The standard InChI is InChI=1S/C17H23N5O3S/c1-4-5-9-22-16(25)20-21-17(22)26-10-14(23)19-15(24)18-13-8-6-7-11(2)12(13)3/h6-8H,4-5,9-10H2,1-3H3,(H,20,25)(H2,18,19,23,24). The van der Waals surface area contributed by atoms with Gasteiger partial charge in [0.25, 0.3) is 0 Å². The summed E-state index contributed by atoms with van der Waals surface area (Å²) in [4.78, 5) is 35.7. The van der Waals surface area contributed by atoms with E-state index < -0.39 is 11.9 Å². The van der Waals surface area contributed by atoms with Gasteiger partial charge in [0.1, 0.15) is 0 Å². The van der Waals surface area contributed by atoms with Crippen molar-refractivity contribution in [3.63, 3.8) is 0 Å². The lowest BCUT2D eigenvalue weighted by molar-refractivity contribution is -0.117. The maximum atomic E-state index is 12.0. The van der Waals surface area contributed by atoms with Crippen LogP contribution in [0.2, 0.25) is 0 Å². The first kappa shape index (κ1) is 19.8. The molecule has 1 heterocycles. The second kappa shape index (κ2) is 9.23. The number of carbonyl (C=O) groups excluding carboxylic acids is 2. The molecule has 0 bridgehead atoms. The second-order valence-electron chi connectivity index (χ2n) is 5.85. The van der Waals surface area contributed by atoms with E-state index in [0.29, 0.717) is 17.4 Å². The van der Waals surface area contributed by atoms with E-state index in [1.807, 2.05) is 32.9 Å². The number of thioether (sulfide) groups is 1. The first-order valence-corrected chi connectivity index (χ1v) is 9.36. The number of hydrogen-bond donors (Lipinski definition) is 3. The number of aryl methyl sites for hydroxylation is 1. The number of anilines is 1. The van der Waals surface area contributed by atoms with Crippen molar-refractivity contribution in [3.05, 3.63) is 39.8 Å². The topological polar surface area (TPSA) is 109 Å². The molecule has 0 saturated carbocycles.